The molecule has 146 valence electrons. The van der Waals surface area contributed by atoms with E-state index in [-0.39, 0.29) is 26.3 Å². The van der Waals surface area contributed by atoms with Crippen molar-refractivity contribution in [2.45, 2.75) is 22.6 Å². The summed E-state index contributed by atoms with van der Waals surface area (Å²) in [5, 5.41) is 9.01. The first-order chi connectivity index (χ1) is 13.9. The van der Waals surface area contributed by atoms with Gasteiger partial charge in [-0.1, -0.05) is 0 Å². The van der Waals surface area contributed by atoms with Crippen LogP contribution in [0.15, 0.2) is 58.5 Å². The summed E-state index contributed by atoms with van der Waals surface area (Å²) in [5.74, 6) is -1.06. The SMILES string of the molecule is N#Cc1ccc(S(=O)(=O)c2c(C(=O)N3CCCC3)cnc3ccc(F)cc23)cc1. The highest BCUT2D eigenvalue weighted by Gasteiger charge is 2.31. The van der Waals surface area contributed by atoms with Crippen molar-refractivity contribution in [2.24, 2.45) is 0 Å². The maximum absolute atomic E-state index is 14.0. The molecule has 6 nitrogen and oxygen atoms in total. The topological polar surface area (TPSA) is 91.1 Å². The molecule has 8 heteroatoms. The average molecular weight is 409 g/mol. The summed E-state index contributed by atoms with van der Waals surface area (Å²) in [5.41, 5.74) is 0.508. The van der Waals surface area contributed by atoms with Crippen molar-refractivity contribution in [3.63, 3.8) is 0 Å². The van der Waals surface area contributed by atoms with Crippen LogP contribution in [0.3, 0.4) is 0 Å². The number of sulfone groups is 1. The number of nitrogens with zero attached hydrogens (tertiary/aromatic N) is 3. The number of pyridine rings is 1. The lowest BCUT2D eigenvalue weighted by Gasteiger charge is -2.19. The minimum Gasteiger partial charge on any atom is -0.339 e. The fourth-order valence-corrected chi connectivity index (χ4v) is 5.11. The van der Waals surface area contributed by atoms with Gasteiger partial charge in [-0.2, -0.15) is 5.26 Å². The van der Waals surface area contributed by atoms with Crippen LogP contribution < -0.4 is 0 Å². The number of benzene rings is 2. The third-order valence-electron chi connectivity index (χ3n) is 4.97. The van der Waals surface area contributed by atoms with Crippen molar-refractivity contribution in [1.82, 2.24) is 9.88 Å². The van der Waals surface area contributed by atoms with Crippen LogP contribution in [0.2, 0.25) is 0 Å². The molecule has 3 aromatic rings. The molecule has 1 fully saturated rings. The zero-order chi connectivity index (χ0) is 20.6. The van der Waals surface area contributed by atoms with Crippen molar-refractivity contribution in [2.75, 3.05) is 13.1 Å². The van der Waals surface area contributed by atoms with Gasteiger partial charge in [0.05, 0.1) is 32.5 Å². The van der Waals surface area contributed by atoms with E-state index in [0.29, 0.717) is 18.7 Å². The Morgan fingerprint density at radius 3 is 2.45 bits per heavy atom. The van der Waals surface area contributed by atoms with Crippen LogP contribution in [-0.2, 0) is 9.84 Å². The predicted molar refractivity (Wildman–Crippen MR) is 103 cm³/mol. The van der Waals surface area contributed by atoms with Crippen LogP contribution in [0, 0.1) is 17.1 Å². The minimum absolute atomic E-state index is 0.0550. The van der Waals surface area contributed by atoms with Crippen LogP contribution in [0.4, 0.5) is 4.39 Å². The number of fused-ring (bicyclic) bond motifs is 1. The normalized spacial score (nSPS) is 14.1. The molecule has 0 spiro atoms. The summed E-state index contributed by atoms with van der Waals surface area (Å²) in [6.45, 7) is 1.08. The van der Waals surface area contributed by atoms with E-state index < -0.39 is 21.6 Å². The van der Waals surface area contributed by atoms with Gasteiger partial charge >= 0.3 is 0 Å². The predicted octanol–water partition coefficient (Wildman–Crippen LogP) is 3.31. The van der Waals surface area contributed by atoms with Gasteiger partial charge in [-0.15, -0.1) is 0 Å². The van der Waals surface area contributed by atoms with Gasteiger partial charge in [0.25, 0.3) is 5.91 Å². The third-order valence-corrected chi connectivity index (χ3v) is 6.84. The van der Waals surface area contributed by atoms with E-state index in [1.165, 1.54) is 42.6 Å². The molecule has 0 radical (unpaired) electrons. The quantitative estimate of drug-likeness (QED) is 0.662. The molecule has 1 aromatic heterocycles. The Morgan fingerprint density at radius 2 is 1.79 bits per heavy atom. The Hall–Kier alpha value is -3.31. The van der Waals surface area contributed by atoms with Crippen LogP contribution in [0.5, 0.6) is 0 Å². The van der Waals surface area contributed by atoms with Crippen molar-refractivity contribution in [3.05, 3.63) is 65.6 Å². The first-order valence-corrected chi connectivity index (χ1v) is 10.5. The van der Waals surface area contributed by atoms with Crippen molar-refractivity contribution in [3.8, 4) is 6.07 Å². The van der Waals surface area contributed by atoms with Gasteiger partial charge < -0.3 is 4.90 Å². The molecule has 0 N–H and O–H groups in total. The highest BCUT2D eigenvalue weighted by Crippen LogP contribution is 2.32. The lowest BCUT2D eigenvalue weighted by molar-refractivity contribution is 0.0789. The number of halogens is 1. The second kappa shape index (κ2) is 7.26. The first kappa shape index (κ1) is 19.0. The molecule has 2 aromatic carbocycles. The first-order valence-electron chi connectivity index (χ1n) is 9.04. The number of aromatic nitrogens is 1. The van der Waals surface area contributed by atoms with Gasteiger partial charge in [-0.3, -0.25) is 9.78 Å². The summed E-state index contributed by atoms with van der Waals surface area (Å²) >= 11 is 0. The van der Waals surface area contributed by atoms with E-state index >= 15 is 0 Å². The smallest absolute Gasteiger partial charge is 0.256 e. The monoisotopic (exact) mass is 409 g/mol. The summed E-state index contributed by atoms with van der Waals surface area (Å²) < 4.78 is 41.0. The van der Waals surface area contributed by atoms with Crippen LogP contribution in [0.25, 0.3) is 10.9 Å². The number of carbonyl (C=O) groups is 1. The molecular weight excluding hydrogens is 393 g/mol. The maximum Gasteiger partial charge on any atom is 0.256 e. The number of hydrogen-bond acceptors (Lipinski definition) is 5. The number of rotatable bonds is 3. The molecular formula is C21H16FN3O3S. The van der Waals surface area contributed by atoms with Crippen LogP contribution >= 0.6 is 0 Å². The molecule has 0 atom stereocenters. The molecule has 1 aliphatic rings. The van der Waals surface area contributed by atoms with E-state index in [1.54, 1.807) is 4.90 Å². The second-order valence-corrected chi connectivity index (χ2v) is 8.69. The fraction of sp³-hybridized carbons (Fsp3) is 0.190. The van der Waals surface area contributed by atoms with E-state index in [2.05, 4.69) is 4.98 Å². The number of likely N-dealkylation sites (tertiary alicyclic amines) is 1. The van der Waals surface area contributed by atoms with Crippen molar-refractivity contribution in [1.29, 1.82) is 5.26 Å². The van der Waals surface area contributed by atoms with E-state index in [1.807, 2.05) is 6.07 Å². The second-order valence-electron chi connectivity index (χ2n) is 6.80. The van der Waals surface area contributed by atoms with E-state index in [0.717, 1.165) is 18.9 Å². The standard InChI is InChI=1S/C21H16FN3O3S/c22-15-5-8-19-17(11-15)20(18(13-24-19)21(26)25-9-1-2-10-25)29(27,28)16-6-3-14(12-23)4-7-16/h3-8,11,13H,1-2,9-10H2. The fourth-order valence-electron chi connectivity index (χ4n) is 3.50. The lowest BCUT2D eigenvalue weighted by atomic mass is 10.1. The summed E-state index contributed by atoms with van der Waals surface area (Å²) in [7, 11) is -4.18. The van der Waals surface area contributed by atoms with Crippen molar-refractivity contribution < 1.29 is 17.6 Å². The number of carbonyl (C=O) groups excluding carboxylic acids is 1. The average Bonchev–Trinajstić information content (AvgIpc) is 3.27. The molecule has 4 rings (SSSR count). The highest BCUT2D eigenvalue weighted by molar-refractivity contribution is 7.91. The van der Waals surface area contributed by atoms with Gasteiger partial charge in [-0.05, 0) is 55.3 Å². The molecule has 0 bridgehead atoms. The zero-order valence-electron chi connectivity index (χ0n) is 15.3. The van der Waals surface area contributed by atoms with Gasteiger partial charge in [0, 0.05) is 24.7 Å². The molecule has 2 heterocycles. The Morgan fingerprint density at radius 1 is 1.10 bits per heavy atom. The molecule has 0 unspecified atom stereocenters. The number of amides is 1. The third kappa shape index (κ3) is 3.34. The minimum atomic E-state index is -4.18. The van der Waals surface area contributed by atoms with E-state index in [4.69, 9.17) is 5.26 Å². The Labute approximate surface area is 167 Å². The number of nitriles is 1. The molecule has 1 aliphatic heterocycles. The summed E-state index contributed by atoms with van der Waals surface area (Å²) in [4.78, 5) is 18.5. The maximum atomic E-state index is 14.0. The highest BCUT2D eigenvalue weighted by atomic mass is 32.2. The summed E-state index contributed by atoms with van der Waals surface area (Å²) in [6.07, 6.45) is 2.94. The van der Waals surface area contributed by atoms with E-state index in [9.17, 15) is 17.6 Å². The lowest BCUT2D eigenvalue weighted by Crippen LogP contribution is -2.29. The molecule has 1 amide bonds. The Kier molecular flexibility index (Phi) is 4.76. The Bertz CT molecular complexity index is 1260. The zero-order valence-corrected chi connectivity index (χ0v) is 16.1. The molecule has 0 saturated carbocycles. The van der Waals surface area contributed by atoms with Gasteiger partial charge in [0.1, 0.15) is 5.82 Å². The van der Waals surface area contributed by atoms with Gasteiger partial charge in [-0.25, -0.2) is 12.8 Å². The molecule has 29 heavy (non-hydrogen) atoms. The van der Waals surface area contributed by atoms with Gasteiger partial charge in [0.15, 0.2) is 0 Å². The largest absolute Gasteiger partial charge is 0.339 e. The van der Waals surface area contributed by atoms with Crippen LogP contribution in [-0.4, -0.2) is 37.3 Å². The van der Waals surface area contributed by atoms with Crippen molar-refractivity contribution >= 4 is 26.6 Å². The Balaban J connectivity index is 1.98. The van der Waals surface area contributed by atoms with Gasteiger partial charge in [0.2, 0.25) is 9.84 Å². The molecule has 0 aliphatic carbocycles. The number of hydrogen-bond donors (Lipinski definition) is 0. The molecule has 1 saturated heterocycles. The summed E-state index contributed by atoms with van der Waals surface area (Å²) in [6, 6.07) is 11.0. The van der Waals surface area contributed by atoms with Crippen LogP contribution in [0.1, 0.15) is 28.8 Å².